The van der Waals surface area contributed by atoms with Crippen LogP contribution in [-0.4, -0.2) is 26.1 Å². The van der Waals surface area contributed by atoms with E-state index in [1.165, 1.54) is 6.07 Å². The summed E-state index contributed by atoms with van der Waals surface area (Å²) in [6.07, 6.45) is 0.544. The van der Waals surface area contributed by atoms with E-state index in [0.29, 0.717) is 17.0 Å². The molecular weight excluding hydrogens is 300 g/mol. The van der Waals surface area contributed by atoms with Crippen molar-refractivity contribution < 1.29 is 13.2 Å². The molecule has 0 saturated heterocycles. The maximum atomic E-state index is 11.9. The maximum Gasteiger partial charge on any atom is 0.228 e. The lowest BCUT2D eigenvalue weighted by molar-refractivity contribution is -0.119. The Morgan fingerprint density at radius 2 is 2.00 bits per heavy atom. The highest BCUT2D eigenvalue weighted by atomic mass is 35.5. The number of nitrogens with two attached hydrogens (primary N) is 1. The number of anilines is 1. The van der Waals surface area contributed by atoms with Gasteiger partial charge in [-0.25, -0.2) is 8.42 Å². The second kappa shape index (κ2) is 6.11. The summed E-state index contributed by atoms with van der Waals surface area (Å²) < 4.78 is 23.6. The molecular formula is C13H19ClN2O3S. The van der Waals surface area contributed by atoms with E-state index in [1.807, 2.05) is 0 Å². The van der Waals surface area contributed by atoms with Gasteiger partial charge in [-0.2, -0.15) is 0 Å². The summed E-state index contributed by atoms with van der Waals surface area (Å²) in [5.41, 5.74) is 6.99. The molecule has 2 atom stereocenters. The molecule has 0 spiro atoms. The van der Waals surface area contributed by atoms with Gasteiger partial charge in [0.1, 0.15) is 0 Å². The number of hydrogen-bond acceptors (Lipinski definition) is 4. The van der Waals surface area contributed by atoms with Crippen LogP contribution in [0.2, 0.25) is 0 Å². The van der Waals surface area contributed by atoms with Gasteiger partial charge < -0.3 is 11.1 Å². The largest absolute Gasteiger partial charge is 0.327 e. The quantitative estimate of drug-likeness (QED) is 0.880. The molecule has 0 fully saturated rings. The minimum Gasteiger partial charge on any atom is -0.327 e. The summed E-state index contributed by atoms with van der Waals surface area (Å²) in [6.45, 7) is 3.50. The van der Waals surface area contributed by atoms with Crippen LogP contribution in [0.25, 0.3) is 0 Å². The number of carbonyl (C=O) groups is 1. The third-order valence-corrected chi connectivity index (χ3v) is 5.30. The normalized spacial score (nSPS) is 18.6. The number of nitrogens with one attached hydrogen (secondary N) is 1. The minimum atomic E-state index is -3.18. The molecule has 5 nitrogen and oxygen atoms in total. The Balaban J connectivity index is 0.00000200. The van der Waals surface area contributed by atoms with Crippen molar-refractivity contribution in [2.75, 3.05) is 11.1 Å². The molecule has 1 aliphatic rings. The number of sulfone groups is 1. The van der Waals surface area contributed by atoms with Gasteiger partial charge in [-0.15, -0.1) is 12.4 Å². The third-order valence-electron chi connectivity index (χ3n) is 3.51. The van der Waals surface area contributed by atoms with Crippen LogP contribution in [0.15, 0.2) is 23.1 Å². The number of benzene rings is 1. The molecule has 2 unspecified atom stereocenters. The molecule has 0 aromatic heterocycles. The minimum absolute atomic E-state index is 0. The number of rotatable bonds is 3. The average Bonchev–Trinajstić information content (AvgIpc) is 2.64. The standard InChI is InChI=1S/C13H18N2O3S.ClH/c1-8(9(2)14)13(16)15-11-4-3-10-5-6-19(17,18)12(10)7-11;/h3-4,7-9H,5-6,14H2,1-2H3,(H,15,16);1H. The van der Waals surface area contributed by atoms with Crippen molar-refractivity contribution in [1.29, 1.82) is 0 Å². The van der Waals surface area contributed by atoms with Gasteiger partial charge in [-0.3, -0.25) is 4.79 Å². The lowest BCUT2D eigenvalue weighted by atomic mass is 10.0. The Labute approximate surface area is 125 Å². The predicted octanol–water partition coefficient (Wildman–Crippen LogP) is 1.36. The fraction of sp³-hybridized carbons (Fsp3) is 0.462. The summed E-state index contributed by atoms with van der Waals surface area (Å²) in [7, 11) is -3.18. The molecule has 2 rings (SSSR count). The van der Waals surface area contributed by atoms with Crippen LogP contribution in [0.4, 0.5) is 5.69 Å². The first kappa shape index (κ1) is 16.9. The Kier molecular flexibility index (Phi) is 5.18. The van der Waals surface area contributed by atoms with Crippen molar-refractivity contribution in [2.24, 2.45) is 11.7 Å². The smallest absolute Gasteiger partial charge is 0.228 e. The van der Waals surface area contributed by atoms with Crippen molar-refractivity contribution in [1.82, 2.24) is 0 Å². The second-order valence-corrected chi connectivity index (χ2v) is 7.11. The molecule has 0 radical (unpaired) electrons. The maximum absolute atomic E-state index is 11.9. The van der Waals surface area contributed by atoms with Crippen molar-refractivity contribution in [3.05, 3.63) is 23.8 Å². The van der Waals surface area contributed by atoms with Crippen molar-refractivity contribution in [3.8, 4) is 0 Å². The van der Waals surface area contributed by atoms with Crippen LogP contribution in [0.5, 0.6) is 0 Å². The zero-order valence-corrected chi connectivity index (χ0v) is 13.1. The number of amides is 1. The van der Waals surface area contributed by atoms with Gasteiger partial charge in [0, 0.05) is 11.7 Å². The van der Waals surface area contributed by atoms with E-state index in [9.17, 15) is 13.2 Å². The van der Waals surface area contributed by atoms with Gasteiger partial charge in [0.05, 0.1) is 16.6 Å². The Morgan fingerprint density at radius 3 is 2.60 bits per heavy atom. The average molecular weight is 319 g/mol. The van der Waals surface area contributed by atoms with E-state index in [1.54, 1.807) is 26.0 Å². The highest BCUT2D eigenvalue weighted by Crippen LogP contribution is 2.28. The summed E-state index contributed by atoms with van der Waals surface area (Å²) in [5.74, 6) is -0.383. The van der Waals surface area contributed by atoms with Crippen LogP contribution in [0, 0.1) is 5.92 Å². The molecule has 3 N–H and O–H groups in total. The monoisotopic (exact) mass is 318 g/mol. The lowest BCUT2D eigenvalue weighted by Gasteiger charge is -2.15. The van der Waals surface area contributed by atoms with Gasteiger partial charge in [0.25, 0.3) is 0 Å². The number of hydrogen-bond donors (Lipinski definition) is 2. The topological polar surface area (TPSA) is 89.3 Å². The van der Waals surface area contributed by atoms with Gasteiger partial charge in [0.15, 0.2) is 9.84 Å². The van der Waals surface area contributed by atoms with Crippen LogP contribution < -0.4 is 11.1 Å². The molecule has 1 aromatic rings. The van der Waals surface area contributed by atoms with E-state index >= 15 is 0 Å². The van der Waals surface area contributed by atoms with E-state index in [4.69, 9.17) is 5.73 Å². The third kappa shape index (κ3) is 3.31. The van der Waals surface area contributed by atoms with E-state index in [2.05, 4.69) is 5.32 Å². The van der Waals surface area contributed by atoms with E-state index < -0.39 is 9.84 Å². The van der Waals surface area contributed by atoms with Crippen molar-refractivity contribution in [2.45, 2.75) is 31.2 Å². The number of carbonyl (C=O) groups excluding carboxylic acids is 1. The van der Waals surface area contributed by atoms with Gasteiger partial charge in [-0.05, 0) is 31.0 Å². The Hall–Kier alpha value is -1.11. The second-order valence-electron chi connectivity index (χ2n) is 5.03. The molecule has 20 heavy (non-hydrogen) atoms. The Bertz CT molecular complexity index is 614. The van der Waals surface area contributed by atoms with Crippen molar-refractivity contribution in [3.63, 3.8) is 0 Å². The molecule has 7 heteroatoms. The molecule has 1 aliphatic heterocycles. The SMILES string of the molecule is CC(N)C(C)C(=O)Nc1ccc2c(c1)S(=O)(=O)CC2.Cl. The van der Waals surface area contributed by atoms with Crippen LogP contribution in [-0.2, 0) is 21.1 Å². The zero-order valence-electron chi connectivity index (χ0n) is 11.4. The first-order valence-electron chi connectivity index (χ1n) is 6.23. The number of halogens is 1. The van der Waals surface area contributed by atoms with Crippen LogP contribution in [0.3, 0.4) is 0 Å². The molecule has 0 bridgehead atoms. The number of aryl methyl sites for hydroxylation is 1. The zero-order chi connectivity index (χ0) is 14.2. The summed E-state index contributed by atoms with van der Waals surface area (Å²) in [4.78, 5) is 12.2. The van der Waals surface area contributed by atoms with Crippen LogP contribution >= 0.6 is 12.4 Å². The van der Waals surface area contributed by atoms with E-state index in [0.717, 1.165) is 5.56 Å². The van der Waals surface area contributed by atoms with Gasteiger partial charge >= 0.3 is 0 Å². The van der Waals surface area contributed by atoms with Crippen molar-refractivity contribution >= 4 is 33.8 Å². The molecule has 1 heterocycles. The number of fused-ring (bicyclic) bond motifs is 1. The summed E-state index contributed by atoms with van der Waals surface area (Å²) in [6, 6.07) is 4.76. The highest BCUT2D eigenvalue weighted by Gasteiger charge is 2.26. The van der Waals surface area contributed by atoms with Gasteiger partial charge in [0.2, 0.25) is 5.91 Å². The fourth-order valence-corrected chi connectivity index (χ4v) is 3.56. The molecule has 112 valence electrons. The Morgan fingerprint density at radius 1 is 1.35 bits per heavy atom. The predicted molar refractivity (Wildman–Crippen MR) is 80.9 cm³/mol. The fourth-order valence-electron chi connectivity index (χ4n) is 1.98. The molecule has 1 aromatic carbocycles. The first-order chi connectivity index (χ1) is 8.81. The summed E-state index contributed by atoms with van der Waals surface area (Å²) >= 11 is 0. The molecule has 0 saturated carbocycles. The highest BCUT2D eigenvalue weighted by molar-refractivity contribution is 7.91. The summed E-state index contributed by atoms with van der Waals surface area (Å²) in [5, 5.41) is 2.71. The molecule has 1 amide bonds. The molecule has 0 aliphatic carbocycles. The lowest BCUT2D eigenvalue weighted by Crippen LogP contribution is -2.34. The van der Waals surface area contributed by atoms with Crippen LogP contribution in [0.1, 0.15) is 19.4 Å². The first-order valence-corrected chi connectivity index (χ1v) is 7.88. The van der Waals surface area contributed by atoms with E-state index in [-0.39, 0.29) is 36.0 Å². The van der Waals surface area contributed by atoms with Gasteiger partial charge in [-0.1, -0.05) is 13.0 Å².